The van der Waals surface area contributed by atoms with Gasteiger partial charge >= 0.3 is 6.18 Å². The molecule has 0 saturated heterocycles. The molecule has 3 atom stereocenters. The number of halogens is 4. The van der Waals surface area contributed by atoms with Crippen molar-refractivity contribution in [3.63, 3.8) is 0 Å². The molecule has 0 radical (unpaired) electrons. The first-order valence-corrected chi connectivity index (χ1v) is 10.7. The number of aromatic nitrogens is 1. The lowest BCUT2D eigenvalue weighted by Crippen LogP contribution is -2.55. The molecule has 1 heterocycles. The number of hydrogen-bond donors (Lipinski definition) is 4. The minimum Gasteiger partial charge on any atom is -0.507 e. The van der Waals surface area contributed by atoms with E-state index in [2.05, 4.69) is 10.3 Å². The molecule has 4 N–H and O–H groups in total. The lowest BCUT2D eigenvalue weighted by atomic mass is 9.68. The molecule has 176 valence electrons. The van der Waals surface area contributed by atoms with Gasteiger partial charge in [0.25, 0.3) is 0 Å². The molecule has 33 heavy (non-hydrogen) atoms. The maximum Gasteiger partial charge on any atom is 0.419 e. The van der Waals surface area contributed by atoms with Crippen LogP contribution in [0.5, 0.6) is 5.75 Å². The highest BCUT2D eigenvalue weighted by Gasteiger charge is 2.62. The highest BCUT2D eigenvalue weighted by atomic mass is 19.4. The summed E-state index contributed by atoms with van der Waals surface area (Å²) in [6.45, 7) is 3.54. The van der Waals surface area contributed by atoms with Crippen LogP contribution in [-0.2, 0) is 6.42 Å². The average Bonchev–Trinajstić information content (AvgIpc) is 2.76. The number of alkyl halides is 3. The van der Waals surface area contributed by atoms with Crippen LogP contribution in [0.15, 0.2) is 41.2 Å². The first kappa shape index (κ1) is 23.1. The molecule has 0 fully saturated rings. The van der Waals surface area contributed by atoms with Gasteiger partial charge in [-0.2, -0.15) is 13.2 Å². The SMILES string of the molecule is CCc1ccc2c(c1O)[C@H](CC)C[C@@](O)(C(F)(F)F)[C@@H]2Nc1ccc(F)c2[nH]c(=O)ccc12. The fourth-order valence-corrected chi connectivity index (χ4v) is 4.81. The number of nitrogens with one attached hydrogen (secondary N) is 2. The van der Waals surface area contributed by atoms with Crippen molar-refractivity contribution < 1.29 is 27.8 Å². The number of aromatic hydroxyl groups is 1. The monoisotopic (exact) mass is 464 g/mol. The molecule has 0 saturated carbocycles. The van der Waals surface area contributed by atoms with Crippen LogP contribution in [0.2, 0.25) is 0 Å². The van der Waals surface area contributed by atoms with Gasteiger partial charge in [-0.3, -0.25) is 4.79 Å². The number of benzene rings is 2. The lowest BCUT2D eigenvalue weighted by molar-refractivity contribution is -0.272. The van der Waals surface area contributed by atoms with Gasteiger partial charge in [-0.15, -0.1) is 0 Å². The average molecular weight is 464 g/mol. The van der Waals surface area contributed by atoms with Gasteiger partial charge in [0.1, 0.15) is 11.6 Å². The largest absolute Gasteiger partial charge is 0.507 e. The molecule has 2 aromatic carbocycles. The van der Waals surface area contributed by atoms with Crippen LogP contribution in [0, 0.1) is 5.82 Å². The van der Waals surface area contributed by atoms with E-state index in [4.69, 9.17) is 0 Å². The van der Waals surface area contributed by atoms with Crippen molar-refractivity contribution >= 4 is 16.6 Å². The quantitative estimate of drug-likeness (QED) is 0.396. The van der Waals surface area contributed by atoms with E-state index in [-0.39, 0.29) is 27.9 Å². The van der Waals surface area contributed by atoms with E-state index in [0.717, 1.165) is 12.1 Å². The molecular weight excluding hydrogens is 440 g/mol. The van der Waals surface area contributed by atoms with E-state index in [0.29, 0.717) is 24.0 Å². The number of hydrogen-bond acceptors (Lipinski definition) is 4. The Balaban J connectivity index is 1.95. The summed E-state index contributed by atoms with van der Waals surface area (Å²) in [6, 6.07) is 6.12. The van der Waals surface area contributed by atoms with E-state index >= 15 is 0 Å². The molecule has 1 aliphatic carbocycles. The molecule has 0 amide bonds. The van der Waals surface area contributed by atoms with Crippen LogP contribution in [0.25, 0.3) is 10.9 Å². The molecule has 9 heteroatoms. The molecule has 0 bridgehead atoms. The van der Waals surface area contributed by atoms with Crippen molar-refractivity contribution in [1.82, 2.24) is 4.98 Å². The molecule has 5 nitrogen and oxygen atoms in total. The van der Waals surface area contributed by atoms with Gasteiger partial charge in [0.15, 0.2) is 5.60 Å². The van der Waals surface area contributed by atoms with E-state index in [9.17, 15) is 32.6 Å². The second kappa shape index (κ2) is 8.06. The van der Waals surface area contributed by atoms with E-state index in [1.165, 1.54) is 18.2 Å². The van der Waals surface area contributed by atoms with Gasteiger partial charge in [0.2, 0.25) is 5.56 Å². The number of fused-ring (bicyclic) bond motifs is 2. The number of aryl methyl sites for hydroxylation is 1. The number of pyridine rings is 1. The van der Waals surface area contributed by atoms with Crippen molar-refractivity contribution in [3.8, 4) is 5.75 Å². The third kappa shape index (κ3) is 3.64. The first-order chi connectivity index (χ1) is 15.5. The highest BCUT2D eigenvalue weighted by Crippen LogP contribution is 2.55. The summed E-state index contributed by atoms with van der Waals surface area (Å²) >= 11 is 0. The third-order valence-corrected chi connectivity index (χ3v) is 6.60. The number of phenolic OH excluding ortho intramolecular Hbond substituents is 1. The van der Waals surface area contributed by atoms with Gasteiger partial charge in [-0.1, -0.05) is 26.0 Å². The van der Waals surface area contributed by atoms with Crippen LogP contribution in [-0.4, -0.2) is 27.0 Å². The summed E-state index contributed by atoms with van der Waals surface area (Å²) in [5.74, 6) is -1.51. The van der Waals surface area contributed by atoms with Crippen molar-refractivity contribution in [1.29, 1.82) is 0 Å². The Morgan fingerprint density at radius 2 is 1.88 bits per heavy atom. The van der Waals surface area contributed by atoms with E-state index in [1.54, 1.807) is 13.0 Å². The van der Waals surface area contributed by atoms with Crippen LogP contribution < -0.4 is 10.9 Å². The normalized spacial score (nSPS) is 22.9. The van der Waals surface area contributed by atoms with E-state index in [1.807, 2.05) is 6.92 Å². The van der Waals surface area contributed by atoms with Crippen molar-refractivity contribution in [2.75, 3.05) is 5.32 Å². The number of rotatable bonds is 4. The van der Waals surface area contributed by atoms with Crippen molar-refractivity contribution in [3.05, 3.63) is 69.3 Å². The third-order valence-electron chi connectivity index (χ3n) is 6.60. The van der Waals surface area contributed by atoms with Crippen LogP contribution in [0.1, 0.15) is 55.3 Å². The fraction of sp³-hybridized carbons (Fsp3) is 0.375. The molecular formula is C24H24F4N2O3. The fourth-order valence-electron chi connectivity index (χ4n) is 4.81. The zero-order valence-corrected chi connectivity index (χ0v) is 18.1. The second-order valence-corrected chi connectivity index (χ2v) is 8.44. The number of anilines is 1. The Hall–Kier alpha value is -3.07. The Morgan fingerprint density at radius 3 is 2.52 bits per heavy atom. The maximum absolute atomic E-state index is 14.3. The van der Waals surface area contributed by atoms with Crippen LogP contribution in [0.3, 0.4) is 0 Å². The second-order valence-electron chi connectivity index (χ2n) is 8.44. The summed E-state index contributed by atoms with van der Waals surface area (Å²) in [7, 11) is 0. The van der Waals surface area contributed by atoms with Gasteiger partial charge in [0, 0.05) is 22.7 Å². The van der Waals surface area contributed by atoms with Gasteiger partial charge in [0.05, 0.1) is 11.6 Å². The summed E-state index contributed by atoms with van der Waals surface area (Å²) in [6.07, 6.45) is -4.85. The Bertz CT molecular complexity index is 1270. The van der Waals surface area contributed by atoms with Crippen LogP contribution >= 0.6 is 0 Å². The molecule has 4 rings (SSSR count). The summed E-state index contributed by atoms with van der Waals surface area (Å²) < 4.78 is 57.2. The van der Waals surface area contributed by atoms with Gasteiger partial charge in [-0.25, -0.2) is 4.39 Å². The number of aromatic amines is 1. The minimum absolute atomic E-state index is 0.0637. The topological polar surface area (TPSA) is 85.3 Å². The molecule has 3 aromatic rings. The predicted molar refractivity (Wildman–Crippen MR) is 117 cm³/mol. The first-order valence-electron chi connectivity index (χ1n) is 10.7. The Labute approximate surface area is 187 Å². The van der Waals surface area contributed by atoms with Crippen LogP contribution in [0.4, 0.5) is 23.2 Å². The minimum atomic E-state index is -4.99. The standard InChI is InChI=1S/C24H24F4N2O3/c1-3-12-5-6-15-19(21(12)32)13(4-2)11-23(33,24(26,27)28)22(15)29-17-9-8-16(25)20-14(17)7-10-18(31)30-20/h5-10,13,22,29,32-33H,3-4,11H2,1-2H3,(H,30,31)/t13-,22-,23+/m1/s1. The smallest absolute Gasteiger partial charge is 0.419 e. The zero-order chi connectivity index (χ0) is 24.1. The summed E-state index contributed by atoms with van der Waals surface area (Å²) in [5.41, 5.74) is -2.65. The van der Waals surface area contributed by atoms with Crippen molar-refractivity contribution in [2.24, 2.45) is 0 Å². The molecule has 1 aliphatic rings. The number of aliphatic hydroxyl groups is 1. The number of H-pyrrole nitrogens is 1. The summed E-state index contributed by atoms with van der Waals surface area (Å²) in [5, 5.41) is 24.8. The predicted octanol–water partition coefficient (Wildman–Crippen LogP) is 5.28. The molecule has 0 spiro atoms. The molecule has 1 aromatic heterocycles. The van der Waals surface area contributed by atoms with Crippen molar-refractivity contribution in [2.45, 2.75) is 56.8 Å². The lowest BCUT2D eigenvalue weighted by Gasteiger charge is -2.46. The zero-order valence-electron chi connectivity index (χ0n) is 18.1. The van der Waals surface area contributed by atoms with Gasteiger partial charge < -0.3 is 20.5 Å². The Kier molecular flexibility index (Phi) is 5.64. The number of phenols is 1. The van der Waals surface area contributed by atoms with E-state index < -0.39 is 41.5 Å². The molecule has 0 aliphatic heterocycles. The van der Waals surface area contributed by atoms with Gasteiger partial charge in [-0.05, 0) is 54.5 Å². The molecule has 0 unspecified atom stereocenters. The summed E-state index contributed by atoms with van der Waals surface area (Å²) in [4.78, 5) is 14.0. The Morgan fingerprint density at radius 1 is 1.15 bits per heavy atom. The highest BCUT2D eigenvalue weighted by molar-refractivity contribution is 5.91. The maximum atomic E-state index is 14.3.